The van der Waals surface area contributed by atoms with Gasteiger partial charge in [0.15, 0.2) is 0 Å². The predicted octanol–water partition coefficient (Wildman–Crippen LogP) is 2.88. The molecule has 1 fully saturated rings. The third kappa shape index (κ3) is 5.28. The predicted molar refractivity (Wildman–Crippen MR) is 104 cm³/mol. The number of hydrogen-bond donors (Lipinski definition) is 1. The Morgan fingerprint density at radius 1 is 1.11 bits per heavy atom. The molecule has 146 valence electrons. The lowest BCUT2D eigenvalue weighted by atomic mass is 10.1. The van der Waals surface area contributed by atoms with E-state index in [1.165, 1.54) is 17.8 Å². The Morgan fingerprint density at radius 3 is 2.52 bits per heavy atom. The standard InChI is InChI=1S/C20H25FN2O3S/c1-16-4-7-18(21)15-20(16)27(24,25)22-10-2-3-17-5-8-19(9-6-17)23-11-13-26-14-12-23/h4-9,15,22H,2-3,10-14H2,1H3. The maximum Gasteiger partial charge on any atom is 0.240 e. The minimum absolute atomic E-state index is 0.00244. The van der Waals surface area contributed by atoms with Crippen LogP contribution < -0.4 is 9.62 Å². The van der Waals surface area contributed by atoms with Crippen molar-refractivity contribution in [2.75, 3.05) is 37.7 Å². The van der Waals surface area contributed by atoms with Gasteiger partial charge < -0.3 is 9.64 Å². The highest BCUT2D eigenvalue weighted by Gasteiger charge is 2.17. The summed E-state index contributed by atoms with van der Waals surface area (Å²) in [6.07, 6.45) is 1.44. The van der Waals surface area contributed by atoms with Gasteiger partial charge >= 0.3 is 0 Å². The molecule has 27 heavy (non-hydrogen) atoms. The topological polar surface area (TPSA) is 58.6 Å². The number of nitrogens with zero attached hydrogens (tertiary/aromatic N) is 1. The van der Waals surface area contributed by atoms with E-state index >= 15 is 0 Å². The van der Waals surface area contributed by atoms with E-state index in [1.807, 2.05) is 0 Å². The first-order valence-corrected chi connectivity index (χ1v) is 10.6. The van der Waals surface area contributed by atoms with Crippen LogP contribution in [0.1, 0.15) is 17.5 Å². The van der Waals surface area contributed by atoms with E-state index in [2.05, 4.69) is 33.9 Å². The summed E-state index contributed by atoms with van der Waals surface area (Å²) in [5.74, 6) is -0.554. The number of ether oxygens (including phenoxy) is 1. The molecule has 7 heteroatoms. The van der Waals surface area contributed by atoms with Crippen molar-refractivity contribution in [2.45, 2.75) is 24.7 Å². The molecule has 2 aromatic carbocycles. The lowest BCUT2D eigenvalue weighted by Gasteiger charge is -2.28. The Kier molecular flexibility index (Phi) is 6.46. The van der Waals surface area contributed by atoms with Crippen molar-refractivity contribution in [3.8, 4) is 0 Å². The molecule has 0 unspecified atom stereocenters. The van der Waals surface area contributed by atoms with Crippen molar-refractivity contribution in [2.24, 2.45) is 0 Å². The monoisotopic (exact) mass is 392 g/mol. The SMILES string of the molecule is Cc1ccc(F)cc1S(=O)(=O)NCCCc1ccc(N2CCOCC2)cc1. The zero-order valence-corrected chi connectivity index (χ0v) is 16.3. The van der Waals surface area contributed by atoms with E-state index in [1.54, 1.807) is 6.92 Å². The molecule has 0 aromatic heterocycles. The second-order valence-electron chi connectivity index (χ2n) is 6.68. The fraction of sp³-hybridized carbons (Fsp3) is 0.400. The average molecular weight is 392 g/mol. The molecule has 1 aliphatic heterocycles. The van der Waals surface area contributed by atoms with E-state index in [-0.39, 0.29) is 4.90 Å². The van der Waals surface area contributed by atoms with Crippen molar-refractivity contribution in [1.82, 2.24) is 4.72 Å². The van der Waals surface area contributed by atoms with Gasteiger partial charge in [0.05, 0.1) is 18.1 Å². The molecule has 0 amide bonds. The van der Waals surface area contributed by atoms with Crippen molar-refractivity contribution >= 4 is 15.7 Å². The van der Waals surface area contributed by atoms with E-state index in [0.717, 1.165) is 44.4 Å². The molecule has 0 spiro atoms. The van der Waals surface area contributed by atoms with Gasteiger partial charge in [-0.15, -0.1) is 0 Å². The van der Waals surface area contributed by atoms with E-state index in [0.29, 0.717) is 18.5 Å². The summed E-state index contributed by atoms with van der Waals surface area (Å²) < 4.78 is 46.0. The fourth-order valence-electron chi connectivity index (χ4n) is 3.14. The van der Waals surface area contributed by atoms with Gasteiger partial charge in [0.2, 0.25) is 10.0 Å². The van der Waals surface area contributed by atoms with Crippen LogP contribution in [-0.4, -0.2) is 41.3 Å². The molecule has 0 saturated carbocycles. The number of nitrogens with one attached hydrogen (secondary N) is 1. The Morgan fingerprint density at radius 2 is 1.81 bits per heavy atom. The summed E-state index contributed by atoms with van der Waals surface area (Å²) in [5.41, 5.74) is 2.88. The maximum absolute atomic E-state index is 13.4. The molecule has 1 aliphatic rings. The summed E-state index contributed by atoms with van der Waals surface area (Å²) in [4.78, 5) is 2.29. The van der Waals surface area contributed by atoms with Crippen LogP contribution >= 0.6 is 0 Å². The largest absolute Gasteiger partial charge is 0.378 e. The number of benzene rings is 2. The van der Waals surface area contributed by atoms with Crippen molar-refractivity contribution in [3.05, 3.63) is 59.4 Å². The summed E-state index contributed by atoms with van der Waals surface area (Å²) in [7, 11) is -3.70. The molecule has 0 atom stereocenters. The fourth-order valence-corrected chi connectivity index (χ4v) is 4.46. The normalized spacial score (nSPS) is 15.1. The van der Waals surface area contributed by atoms with E-state index in [4.69, 9.17) is 4.74 Å². The number of anilines is 1. The second kappa shape index (κ2) is 8.82. The number of morpholine rings is 1. The van der Waals surface area contributed by atoms with Crippen LogP contribution in [0.25, 0.3) is 0 Å². The van der Waals surface area contributed by atoms with Gasteiger partial charge in [-0.05, 0) is 55.2 Å². The number of hydrogen-bond acceptors (Lipinski definition) is 4. The molecular formula is C20H25FN2O3S. The lowest BCUT2D eigenvalue weighted by molar-refractivity contribution is 0.122. The highest BCUT2D eigenvalue weighted by atomic mass is 32.2. The van der Waals surface area contributed by atoms with Crippen LogP contribution in [0.5, 0.6) is 0 Å². The quantitative estimate of drug-likeness (QED) is 0.736. The van der Waals surface area contributed by atoms with Crippen molar-refractivity contribution in [3.63, 3.8) is 0 Å². The van der Waals surface area contributed by atoms with Gasteiger partial charge in [-0.1, -0.05) is 18.2 Å². The van der Waals surface area contributed by atoms with Gasteiger partial charge in [0.1, 0.15) is 5.82 Å². The minimum atomic E-state index is -3.70. The van der Waals surface area contributed by atoms with Gasteiger partial charge in [-0.2, -0.15) is 0 Å². The van der Waals surface area contributed by atoms with Gasteiger partial charge in [0.25, 0.3) is 0 Å². The maximum atomic E-state index is 13.4. The van der Waals surface area contributed by atoms with Gasteiger partial charge in [-0.25, -0.2) is 17.5 Å². The van der Waals surface area contributed by atoms with Crippen LogP contribution in [-0.2, 0) is 21.2 Å². The third-order valence-corrected chi connectivity index (χ3v) is 6.29. The molecule has 1 saturated heterocycles. The Hall–Kier alpha value is -1.96. The summed E-state index contributed by atoms with van der Waals surface area (Å²) in [6.45, 7) is 5.29. The molecular weight excluding hydrogens is 367 g/mol. The van der Waals surface area contributed by atoms with Crippen LogP contribution in [0.15, 0.2) is 47.4 Å². The van der Waals surface area contributed by atoms with Crippen LogP contribution in [0.3, 0.4) is 0 Å². The molecule has 0 bridgehead atoms. The zero-order chi connectivity index (χ0) is 19.3. The highest BCUT2D eigenvalue weighted by molar-refractivity contribution is 7.89. The average Bonchev–Trinajstić information content (AvgIpc) is 2.68. The zero-order valence-electron chi connectivity index (χ0n) is 15.4. The summed E-state index contributed by atoms with van der Waals surface area (Å²) >= 11 is 0. The van der Waals surface area contributed by atoms with Crippen LogP contribution in [0.4, 0.5) is 10.1 Å². The van der Waals surface area contributed by atoms with Gasteiger partial charge in [-0.3, -0.25) is 0 Å². The molecule has 0 aliphatic carbocycles. The van der Waals surface area contributed by atoms with E-state index in [9.17, 15) is 12.8 Å². The first-order chi connectivity index (χ1) is 13.0. The third-order valence-electron chi connectivity index (χ3n) is 4.69. The molecule has 3 rings (SSSR count). The van der Waals surface area contributed by atoms with Crippen molar-refractivity contribution < 1.29 is 17.5 Å². The van der Waals surface area contributed by atoms with Crippen LogP contribution in [0, 0.1) is 12.7 Å². The molecule has 2 aromatic rings. The molecule has 1 heterocycles. The van der Waals surface area contributed by atoms with Crippen LogP contribution in [0.2, 0.25) is 0 Å². The Labute approximate surface area is 160 Å². The first-order valence-electron chi connectivity index (χ1n) is 9.13. The van der Waals surface area contributed by atoms with Crippen molar-refractivity contribution in [1.29, 1.82) is 0 Å². The second-order valence-corrected chi connectivity index (χ2v) is 8.41. The number of sulfonamides is 1. The number of rotatable bonds is 7. The van der Waals surface area contributed by atoms with Gasteiger partial charge in [0, 0.05) is 25.3 Å². The molecule has 5 nitrogen and oxygen atoms in total. The first kappa shape index (κ1) is 19.8. The highest BCUT2D eigenvalue weighted by Crippen LogP contribution is 2.18. The lowest BCUT2D eigenvalue weighted by Crippen LogP contribution is -2.36. The molecule has 1 N–H and O–H groups in total. The smallest absolute Gasteiger partial charge is 0.240 e. The minimum Gasteiger partial charge on any atom is -0.378 e. The molecule has 0 radical (unpaired) electrons. The number of aryl methyl sites for hydroxylation is 2. The number of halogens is 1. The Bertz CT molecular complexity index is 863. The Balaban J connectivity index is 1.50. The summed E-state index contributed by atoms with van der Waals surface area (Å²) in [6, 6.07) is 12.1. The summed E-state index contributed by atoms with van der Waals surface area (Å²) in [5, 5.41) is 0. The van der Waals surface area contributed by atoms with E-state index < -0.39 is 15.8 Å².